The number of fused-ring (bicyclic) bond motifs is 1. The van der Waals surface area contributed by atoms with Crippen LogP contribution in [0.15, 0.2) is 34.8 Å². The first kappa shape index (κ1) is 20.0. The normalized spacial score (nSPS) is 17.7. The van der Waals surface area contributed by atoms with E-state index in [1.54, 1.807) is 12.1 Å². The summed E-state index contributed by atoms with van der Waals surface area (Å²) in [6.45, 7) is 4.28. The van der Waals surface area contributed by atoms with E-state index in [0.717, 1.165) is 77.4 Å². The first-order valence-electron chi connectivity index (χ1n) is 9.83. The van der Waals surface area contributed by atoms with Crippen molar-refractivity contribution in [2.75, 3.05) is 32.8 Å². The van der Waals surface area contributed by atoms with E-state index in [9.17, 15) is 4.39 Å². The molecule has 0 saturated carbocycles. The monoisotopic (exact) mass is 467 g/mol. The molecule has 1 fully saturated rings. The van der Waals surface area contributed by atoms with Gasteiger partial charge in [0.15, 0.2) is 11.5 Å². The van der Waals surface area contributed by atoms with Gasteiger partial charge in [-0.05, 0) is 80.1 Å². The molecule has 0 bridgehead atoms. The Morgan fingerprint density at radius 2 is 1.75 bits per heavy atom. The van der Waals surface area contributed by atoms with Gasteiger partial charge in [-0.2, -0.15) is 0 Å². The number of likely N-dealkylation sites (tertiary alicyclic amines) is 1. The molecule has 0 spiro atoms. The summed E-state index contributed by atoms with van der Waals surface area (Å²) < 4.78 is 25.8. The molecule has 28 heavy (non-hydrogen) atoms. The molecule has 1 saturated heterocycles. The fourth-order valence-corrected chi connectivity index (χ4v) is 4.66. The number of ether oxygens (including phenoxy) is 2. The number of benzene rings is 2. The van der Waals surface area contributed by atoms with Crippen molar-refractivity contribution in [3.05, 3.63) is 56.8 Å². The lowest BCUT2D eigenvalue weighted by Gasteiger charge is -2.32. The molecule has 0 unspecified atom stereocenters. The van der Waals surface area contributed by atoms with Crippen LogP contribution in [0.2, 0.25) is 5.02 Å². The van der Waals surface area contributed by atoms with Crippen molar-refractivity contribution in [1.29, 1.82) is 0 Å². The van der Waals surface area contributed by atoms with Gasteiger partial charge in [0, 0.05) is 22.1 Å². The van der Waals surface area contributed by atoms with E-state index in [1.807, 2.05) is 12.1 Å². The highest BCUT2D eigenvalue weighted by Gasteiger charge is 2.21. The van der Waals surface area contributed by atoms with Crippen molar-refractivity contribution in [1.82, 2.24) is 4.90 Å². The molecule has 2 aromatic rings. The van der Waals surface area contributed by atoms with E-state index in [0.29, 0.717) is 19.1 Å². The summed E-state index contributed by atoms with van der Waals surface area (Å²) in [6, 6.07) is 8.84. The Morgan fingerprint density at radius 1 is 1.04 bits per heavy atom. The van der Waals surface area contributed by atoms with Crippen LogP contribution in [0, 0.1) is 11.7 Å². The van der Waals surface area contributed by atoms with Gasteiger partial charge < -0.3 is 14.4 Å². The quantitative estimate of drug-likeness (QED) is 0.577. The highest BCUT2D eigenvalue weighted by atomic mass is 79.9. The van der Waals surface area contributed by atoms with Crippen molar-refractivity contribution in [2.24, 2.45) is 5.92 Å². The first-order valence-corrected chi connectivity index (χ1v) is 11.0. The topological polar surface area (TPSA) is 21.7 Å². The van der Waals surface area contributed by atoms with Crippen LogP contribution >= 0.6 is 27.5 Å². The van der Waals surface area contributed by atoms with E-state index in [1.165, 1.54) is 6.07 Å². The zero-order valence-electron chi connectivity index (χ0n) is 15.7. The number of halogens is 3. The fraction of sp³-hybridized carbons (Fsp3) is 0.455. The van der Waals surface area contributed by atoms with Gasteiger partial charge in [-0.3, -0.25) is 0 Å². The lowest BCUT2D eigenvalue weighted by atomic mass is 9.90. The third-order valence-corrected chi connectivity index (χ3v) is 6.76. The first-order chi connectivity index (χ1) is 13.6. The molecule has 0 radical (unpaired) electrons. The summed E-state index contributed by atoms with van der Waals surface area (Å²) in [5, 5.41) is 0.745. The highest BCUT2D eigenvalue weighted by Crippen LogP contribution is 2.35. The zero-order valence-corrected chi connectivity index (χ0v) is 18.1. The Kier molecular flexibility index (Phi) is 6.44. The molecule has 0 atom stereocenters. The molecule has 0 amide bonds. The van der Waals surface area contributed by atoms with Gasteiger partial charge in [0.1, 0.15) is 19.0 Å². The Morgan fingerprint density at radius 3 is 2.50 bits per heavy atom. The van der Waals surface area contributed by atoms with Crippen LogP contribution in [0.25, 0.3) is 0 Å². The van der Waals surface area contributed by atoms with Crippen LogP contribution in [0.1, 0.15) is 24.0 Å². The molecule has 150 valence electrons. The maximum absolute atomic E-state index is 13.5. The molecular formula is C22H24BrClFNO2. The van der Waals surface area contributed by atoms with Crippen LogP contribution in [-0.4, -0.2) is 37.7 Å². The van der Waals surface area contributed by atoms with Crippen LogP contribution < -0.4 is 9.47 Å². The summed E-state index contributed by atoms with van der Waals surface area (Å²) in [5.41, 5.74) is 2.18. The van der Waals surface area contributed by atoms with Crippen molar-refractivity contribution < 1.29 is 13.9 Å². The molecule has 2 aliphatic heterocycles. The molecule has 2 aromatic carbocycles. The van der Waals surface area contributed by atoms with Crippen molar-refractivity contribution in [2.45, 2.75) is 25.7 Å². The molecule has 0 aromatic heterocycles. The van der Waals surface area contributed by atoms with Crippen LogP contribution in [0.4, 0.5) is 4.39 Å². The number of hydrogen-bond acceptors (Lipinski definition) is 3. The average molecular weight is 469 g/mol. The van der Waals surface area contributed by atoms with E-state index in [-0.39, 0.29) is 5.82 Å². The maximum Gasteiger partial charge on any atom is 0.162 e. The molecule has 6 heteroatoms. The zero-order chi connectivity index (χ0) is 19.5. The van der Waals surface area contributed by atoms with Crippen LogP contribution in [0.3, 0.4) is 0 Å². The van der Waals surface area contributed by atoms with E-state index in [4.69, 9.17) is 21.1 Å². The summed E-state index contributed by atoms with van der Waals surface area (Å²) in [5.74, 6) is 1.98. The van der Waals surface area contributed by atoms with Gasteiger partial charge in [-0.1, -0.05) is 27.5 Å². The van der Waals surface area contributed by atoms with Gasteiger partial charge in [0.05, 0.1) is 0 Å². The molecule has 3 nitrogen and oxygen atoms in total. The van der Waals surface area contributed by atoms with E-state index in [2.05, 4.69) is 20.8 Å². The molecule has 2 aliphatic rings. The van der Waals surface area contributed by atoms with Crippen molar-refractivity contribution >= 4 is 27.5 Å². The average Bonchev–Trinajstić information content (AvgIpc) is 2.70. The van der Waals surface area contributed by atoms with E-state index >= 15 is 0 Å². The van der Waals surface area contributed by atoms with E-state index < -0.39 is 0 Å². The van der Waals surface area contributed by atoms with Gasteiger partial charge in [0.25, 0.3) is 0 Å². The Bertz CT molecular complexity index is 840. The maximum atomic E-state index is 13.5. The number of rotatable bonds is 5. The summed E-state index contributed by atoms with van der Waals surface area (Å²) in [6.07, 6.45) is 4.10. The fourth-order valence-electron chi connectivity index (χ4n) is 4.00. The van der Waals surface area contributed by atoms with Crippen LogP contribution in [0.5, 0.6) is 11.5 Å². The number of piperidine rings is 1. The molecule has 2 heterocycles. The second kappa shape index (κ2) is 9.02. The van der Waals surface area contributed by atoms with Gasteiger partial charge >= 0.3 is 0 Å². The minimum Gasteiger partial charge on any atom is -0.486 e. The summed E-state index contributed by atoms with van der Waals surface area (Å²) >= 11 is 9.97. The Labute approximate surface area is 178 Å². The Balaban J connectivity index is 1.28. The predicted octanol–water partition coefficient (Wildman–Crippen LogP) is 5.51. The summed E-state index contributed by atoms with van der Waals surface area (Å²) in [7, 11) is 0. The third-order valence-electron chi connectivity index (χ3n) is 5.63. The molecule has 4 rings (SSSR count). The molecular weight excluding hydrogens is 445 g/mol. The number of nitrogens with zero attached hydrogens (tertiary/aromatic N) is 1. The van der Waals surface area contributed by atoms with Gasteiger partial charge in [-0.15, -0.1) is 0 Å². The standard InChI is InChI=1S/C22H24BrClFNO2/c23-19-2-1-18(25)12-17(19)11-15-3-6-26(7-4-15)8-5-16-13-21-22(14-20(16)24)28-10-9-27-21/h1-2,12-15H,3-11H2. The molecule has 0 aliphatic carbocycles. The lowest BCUT2D eigenvalue weighted by Crippen LogP contribution is -2.35. The van der Waals surface area contributed by atoms with Gasteiger partial charge in [-0.25, -0.2) is 4.39 Å². The minimum absolute atomic E-state index is 0.160. The molecule has 0 N–H and O–H groups in total. The SMILES string of the molecule is Fc1ccc(Br)c(CC2CCN(CCc3cc4c(cc3Cl)OCCO4)CC2)c1. The minimum atomic E-state index is -0.160. The van der Waals surface area contributed by atoms with Crippen LogP contribution in [-0.2, 0) is 12.8 Å². The smallest absolute Gasteiger partial charge is 0.162 e. The predicted molar refractivity (Wildman–Crippen MR) is 113 cm³/mol. The number of hydrogen-bond donors (Lipinski definition) is 0. The second-order valence-corrected chi connectivity index (χ2v) is 8.82. The second-order valence-electron chi connectivity index (χ2n) is 7.56. The largest absolute Gasteiger partial charge is 0.486 e. The third kappa shape index (κ3) is 4.81. The van der Waals surface area contributed by atoms with Crippen molar-refractivity contribution in [3.63, 3.8) is 0 Å². The highest BCUT2D eigenvalue weighted by molar-refractivity contribution is 9.10. The van der Waals surface area contributed by atoms with Gasteiger partial charge in [0.2, 0.25) is 0 Å². The van der Waals surface area contributed by atoms with Crippen molar-refractivity contribution in [3.8, 4) is 11.5 Å². The summed E-state index contributed by atoms with van der Waals surface area (Å²) in [4.78, 5) is 2.49. The Hall–Kier alpha value is -1.30. The lowest BCUT2D eigenvalue weighted by molar-refractivity contribution is 0.171.